The molecule has 112 valence electrons. The molecule has 0 bridgehead atoms. The number of aryl methyl sites for hydroxylation is 3. The average Bonchev–Trinajstić information content (AvgIpc) is 2.48. The van der Waals surface area contributed by atoms with Crippen LogP contribution in [0.25, 0.3) is 0 Å². The van der Waals surface area contributed by atoms with E-state index in [1.807, 2.05) is 7.05 Å². The highest BCUT2D eigenvalue weighted by Crippen LogP contribution is 2.31. The summed E-state index contributed by atoms with van der Waals surface area (Å²) in [5, 5.41) is 3.46. The van der Waals surface area contributed by atoms with Crippen LogP contribution in [-0.2, 0) is 6.42 Å². The summed E-state index contributed by atoms with van der Waals surface area (Å²) in [5.41, 5.74) is 6.40. The molecule has 0 amide bonds. The molecule has 0 aliphatic heterocycles. The van der Waals surface area contributed by atoms with E-state index in [9.17, 15) is 0 Å². The number of methoxy groups -OCH3 is 1. The maximum Gasteiger partial charge on any atom is 0.124 e. The molecule has 2 aromatic carbocycles. The molecule has 0 fully saturated rings. The van der Waals surface area contributed by atoms with Gasteiger partial charge in [-0.2, -0.15) is 0 Å². The van der Waals surface area contributed by atoms with Crippen LogP contribution >= 0.6 is 0 Å². The Labute approximate surface area is 128 Å². The molecule has 0 saturated heterocycles. The lowest BCUT2D eigenvalue weighted by molar-refractivity contribution is 0.408. The lowest BCUT2D eigenvalue weighted by Gasteiger charge is -2.22. The van der Waals surface area contributed by atoms with Crippen LogP contribution in [0.1, 0.15) is 40.8 Å². The number of hydrogen-bond donors (Lipinski definition) is 1. The normalized spacial score (nSPS) is 12.2. The van der Waals surface area contributed by atoms with Crippen molar-refractivity contribution in [1.29, 1.82) is 0 Å². The monoisotopic (exact) mass is 283 g/mol. The van der Waals surface area contributed by atoms with Crippen molar-refractivity contribution < 1.29 is 4.74 Å². The van der Waals surface area contributed by atoms with E-state index in [2.05, 4.69) is 62.5 Å². The summed E-state index contributed by atoms with van der Waals surface area (Å²) < 4.78 is 5.47. The van der Waals surface area contributed by atoms with Crippen molar-refractivity contribution in [2.24, 2.45) is 0 Å². The van der Waals surface area contributed by atoms with E-state index in [0.717, 1.165) is 12.2 Å². The van der Waals surface area contributed by atoms with E-state index >= 15 is 0 Å². The molecule has 2 aromatic rings. The van der Waals surface area contributed by atoms with E-state index in [-0.39, 0.29) is 6.04 Å². The SMILES string of the molecule is CCc1ccccc1C(NC)c1cc(C)c(OC)c(C)c1. The Balaban J connectivity index is 2.52. The molecule has 0 heterocycles. The van der Waals surface area contributed by atoms with Gasteiger partial charge in [0.25, 0.3) is 0 Å². The molecule has 2 heteroatoms. The summed E-state index contributed by atoms with van der Waals surface area (Å²) in [5.74, 6) is 0.984. The average molecular weight is 283 g/mol. The molecule has 1 N–H and O–H groups in total. The van der Waals surface area contributed by atoms with Crippen molar-refractivity contribution in [1.82, 2.24) is 5.32 Å². The topological polar surface area (TPSA) is 21.3 Å². The van der Waals surface area contributed by atoms with Gasteiger partial charge in [0, 0.05) is 0 Å². The third-order valence-electron chi connectivity index (χ3n) is 4.06. The Bertz CT molecular complexity index is 596. The van der Waals surface area contributed by atoms with Crippen LogP contribution in [0.4, 0.5) is 0 Å². The Morgan fingerprint density at radius 1 is 1.10 bits per heavy atom. The summed E-state index contributed by atoms with van der Waals surface area (Å²) >= 11 is 0. The maximum atomic E-state index is 5.47. The summed E-state index contributed by atoms with van der Waals surface area (Å²) in [4.78, 5) is 0. The molecule has 2 rings (SSSR count). The van der Waals surface area contributed by atoms with Crippen molar-refractivity contribution in [2.75, 3.05) is 14.2 Å². The fraction of sp³-hybridized carbons (Fsp3) is 0.368. The third-order valence-corrected chi connectivity index (χ3v) is 4.06. The minimum Gasteiger partial charge on any atom is -0.496 e. The predicted molar refractivity (Wildman–Crippen MR) is 89.2 cm³/mol. The zero-order valence-corrected chi connectivity index (χ0v) is 13.7. The van der Waals surface area contributed by atoms with Crippen LogP contribution in [-0.4, -0.2) is 14.2 Å². The summed E-state index contributed by atoms with van der Waals surface area (Å²) in [6.07, 6.45) is 1.04. The van der Waals surface area contributed by atoms with Gasteiger partial charge in [0.1, 0.15) is 5.75 Å². The highest BCUT2D eigenvalue weighted by atomic mass is 16.5. The van der Waals surface area contributed by atoms with Gasteiger partial charge >= 0.3 is 0 Å². The largest absolute Gasteiger partial charge is 0.496 e. The minimum absolute atomic E-state index is 0.212. The number of nitrogens with one attached hydrogen (secondary N) is 1. The quantitative estimate of drug-likeness (QED) is 0.888. The minimum atomic E-state index is 0.212. The highest BCUT2D eigenvalue weighted by molar-refractivity contribution is 5.47. The number of ether oxygens (including phenoxy) is 1. The number of rotatable bonds is 5. The van der Waals surface area contributed by atoms with Gasteiger partial charge in [0.15, 0.2) is 0 Å². The van der Waals surface area contributed by atoms with Gasteiger partial charge in [-0.15, -0.1) is 0 Å². The first-order chi connectivity index (χ1) is 10.1. The standard InChI is InChI=1S/C19H25NO/c1-6-15-9-7-8-10-17(15)18(20-4)16-11-13(2)19(21-5)14(3)12-16/h7-12,18,20H,6H2,1-5H3. The van der Waals surface area contributed by atoms with Crippen molar-refractivity contribution in [3.8, 4) is 5.75 Å². The molecule has 1 unspecified atom stereocenters. The molecule has 21 heavy (non-hydrogen) atoms. The van der Waals surface area contributed by atoms with Crippen molar-refractivity contribution in [3.05, 3.63) is 64.2 Å². The second-order valence-corrected chi connectivity index (χ2v) is 5.46. The van der Waals surface area contributed by atoms with E-state index in [1.165, 1.54) is 27.8 Å². The third kappa shape index (κ3) is 3.11. The first-order valence-corrected chi connectivity index (χ1v) is 7.52. The van der Waals surface area contributed by atoms with Crippen LogP contribution in [0.5, 0.6) is 5.75 Å². The smallest absolute Gasteiger partial charge is 0.124 e. The lowest BCUT2D eigenvalue weighted by atomic mass is 9.91. The molecular weight excluding hydrogens is 258 g/mol. The fourth-order valence-electron chi connectivity index (χ4n) is 3.11. The Morgan fingerprint density at radius 3 is 2.24 bits per heavy atom. The molecule has 0 radical (unpaired) electrons. The van der Waals surface area contributed by atoms with Gasteiger partial charge in [-0.3, -0.25) is 0 Å². The molecule has 0 aliphatic carbocycles. The number of hydrogen-bond acceptors (Lipinski definition) is 2. The zero-order valence-electron chi connectivity index (χ0n) is 13.7. The summed E-state index contributed by atoms with van der Waals surface area (Å²) in [6, 6.07) is 13.3. The molecule has 1 atom stereocenters. The van der Waals surface area contributed by atoms with E-state index in [1.54, 1.807) is 7.11 Å². The first-order valence-electron chi connectivity index (χ1n) is 7.52. The molecule has 0 aliphatic rings. The molecule has 0 aromatic heterocycles. The highest BCUT2D eigenvalue weighted by Gasteiger charge is 2.17. The predicted octanol–water partition coefficient (Wildman–Crippen LogP) is 4.18. The van der Waals surface area contributed by atoms with Crippen LogP contribution in [0, 0.1) is 13.8 Å². The second-order valence-electron chi connectivity index (χ2n) is 5.46. The van der Waals surface area contributed by atoms with E-state index < -0.39 is 0 Å². The van der Waals surface area contributed by atoms with Gasteiger partial charge < -0.3 is 10.1 Å². The van der Waals surface area contributed by atoms with Crippen LogP contribution < -0.4 is 10.1 Å². The second kappa shape index (κ2) is 6.77. The van der Waals surface area contributed by atoms with Gasteiger partial charge in [0.2, 0.25) is 0 Å². The van der Waals surface area contributed by atoms with Crippen LogP contribution in [0.15, 0.2) is 36.4 Å². The van der Waals surface area contributed by atoms with Gasteiger partial charge in [0.05, 0.1) is 13.2 Å². The maximum absolute atomic E-state index is 5.47. The van der Waals surface area contributed by atoms with Gasteiger partial charge in [-0.25, -0.2) is 0 Å². The molecule has 0 saturated carbocycles. The van der Waals surface area contributed by atoms with Crippen molar-refractivity contribution in [3.63, 3.8) is 0 Å². The van der Waals surface area contributed by atoms with Crippen molar-refractivity contribution in [2.45, 2.75) is 33.2 Å². The lowest BCUT2D eigenvalue weighted by Crippen LogP contribution is -2.19. The Kier molecular flexibility index (Phi) is 5.03. The molecular formula is C19H25NO. The molecule has 2 nitrogen and oxygen atoms in total. The Morgan fingerprint density at radius 2 is 1.71 bits per heavy atom. The number of benzene rings is 2. The van der Waals surface area contributed by atoms with E-state index in [0.29, 0.717) is 0 Å². The van der Waals surface area contributed by atoms with Gasteiger partial charge in [-0.1, -0.05) is 43.3 Å². The van der Waals surface area contributed by atoms with E-state index in [4.69, 9.17) is 4.74 Å². The van der Waals surface area contributed by atoms with Crippen LogP contribution in [0.2, 0.25) is 0 Å². The zero-order chi connectivity index (χ0) is 15.4. The van der Waals surface area contributed by atoms with Crippen LogP contribution in [0.3, 0.4) is 0 Å². The first kappa shape index (κ1) is 15.6. The van der Waals surface area contributed by atoms with Crippen molar-refractivity contribution >= 4 is 0 Å². The van der Waals surface area contributed by atoms with Gasteiger partial charge in [-0.05, 0) is 55.1 Å². The summed E-state index contributed by atoms with van der Waals surface area (Å²) in [7, 11) is 3.75. The molecule has 0 spiro atoms. The fourth-order valence-corrected chi connectivity index (χ4v) is 3.11. The Hall–Kier alpha value is -1.80. The summed E-state index contributed by atoms with van der Waals surface area (Å²) in [6.45, 7) is 6.41.